The average molecular weight is 257 g/mol. The van der Waals surface area contributed by atoms with Crippen LogP contribution in [0, 0.1) is 0 Å². The molecule has 7 heteroatoms. The van der Waals surface area contributed by atoms with E-state index in [0.717, 1.165) is 0 Å². The number of primary amides is 1. The maximum absolute atomic E-state index is 11.5. The Morgan fingerprint density at radius 1 is 1.29 bits per heavy atom. The molecule has 6 nitrogen and oxygen atoms in total. The van der Waals surface area contributed by atoms with Crippen LogP contribution in [-0.2, 0) is 9.53 Å². The van der Waals surface area contributed by atoms with Crippen molar-refractivity contribution in [2.75, 3.05) is 6.61 Å². The molecule has 0 aliphatic heterocycles. The fraction of sp³-hybridized carbons (Fsp3) is 0.100. The third kappa shape index (κ3) is 4.12. The van der Waals surface area contributed by atoms with Gasteiger partial charge in [-0.1, -0.05) is 23.7 Å². The number of halogens is 1. The lowest BCUT2D eigenvalue weighted by atomic mass is 10.2. The zero-order chi connectivity index (χ0) is 12.8. The number of carbonyl (C=O) groups excluding carboxylic acids is 3. The van der Waals surface area contributed by atoms with E-state index in [1.807, 2.05) is 0 Å². The van der Waals surface area contributed by atoms with Gasteiger partial charge in [0.05, 0.1) is 10.6 Å². The van der Waals surface area contributed by atoms with Crippen molar-refractivity contribution in [1.29, 1.82) is 0 Å². The number of hydrogen-bond donors (Lipinski definition) is 2. The van der Waals surface area contributed by atoms with Crippen molar-refractivity contribution in [3.05, 3.63) is 34.9 Å². The Labute approximate surface area is 102 Å². The molecular weight excluding hydrogens is 248 g/mol. The molecule has 1 aromatic carbocycles. The van der Waals surface area contributed by atoms with Crippen LogP contribution >= 0.6 is 11.6 Å². The van der Waals surface area contributed by atoms with E-state index in [1.165, 1.54) is 12.1 Å². The van der Waals surface area contributed by atoms with E-state index in [9.17, 15) is 14.4 Å². The second kappa shape index (κ2) is 5.86. The van der Waals surface area contributed by atoms with Crippen molar-refractivity contribution in [2.24, 2.45) is 5.73 Å². The number of esters is 1. The van der Waals surface area contributed by atoms with Gasteiger partial charge in [0.1, 0.15) is 0 Å². The van der Waals surface area contributed by atoms with Gasteiger partial charge in [0.15, 0.2) is 6.61 Å². The van der Waals surface area contributed by atoms with Gasteiger partial charge in [0.25, 0.3) is 5.91 Å². The number of urea groups is 1. The average Bonchev–Trinajstić information content (AvgIpc) is 2.25. The van der Waals surface area contributed by atoms with Crippen molar-refractivity contribution in [3.8, 4) is 0 Å². The second-order valence-corrected chi connectivity index (χ2v) is 3.38. The van der Waals surface area contributed by atoms with E-state index in [1.54, 1.807) is 17.4 Å². The lowest BCUT2D eigenvalue weighted by Gasteiger charge is -2.05. The molecule has 0 fully saturated rings. The molecule has 0 aliphatic carbocycles. The Bertz CT molecular complexity index is 461. The summed E-state index contributed by atoms with van der Waals surface area (Å²) in [7, 11) is 0. The van der Waals surface area contributed by atoms with Gasteiger partial charge in [-0.05, 0) is 12.1 Å². The molecule has 17 heavy (non-hydrogen) atoms. The molecule has 0 spiro atoms. The molecule has 0 aliphatic rings. The first-order chi connectivity index (χ1) is 8.00. The van der Waals surface area contributed by atoms with Crippen LogP contribution in [0.2, 0.25) is 5.02 Å². The van der Waals surface area contributed by atoms with E-state index in [2.05, 4.69) is 4.74 Å². The molecule has 1 rings (SSSR count). The van der Waals surface area contributed by atoms with Gasteiger partial charge in [0, 0.05) is 0 Å². The Hall–Kier alpha value is -2.08. The van der Waals surface area contributed by atoms with E-state index < -0.39 is 24.5 Å². The van der Waals surface area contributed by atoms with E-state index >= 15 is 0 Å². The minimum absolute atomic E-state index is 0.140. The SMILES string of the molecule is NC(=O)NC(=O)COC(=O)c1ccccc1Cl. The molecule has 3 N–H and O–H groups in total. The third-order valence-electron chi connectivity index (χ3n) is 1.69. The third-order valence-corrected chi connectivity index (χ3v) is 2.02. The molecule has 90 valence electrons. The summed E-state index contributed by atoms with van der Waals surface area (Å²) in [5, 5.41) is 1.97. The number of rotatable bonds is 3. The molecule has 0 atom stereocenters. The fourth-order valence-electron chi connectivity index (χ4n) is 1.01. The maximum atomic E-state index is 11.5. The van der Waals surface area contributed by atoms with Crippen molar-refractivity contribution in [1.82, 2.24) is 5.32 Å². The van der Waals surface area contributed by atoms with Gasteiger partial charge in [-0.2, -0.15) is 0 Å². The van der Waals surface area contributed by atoms with Gasteiger partial charge >= 0.3 is 12.0 Å². The summed E-state index contributed by atoms with van der Waals surface area (Å²) in [6.45, 7) is -0.604. The molecular formula is C10H9ClN2O4. The van der Waals surface area contributed by atoms with Crippen LogP contribution in [0.3, 0.4) is 0 Å². The van der Waals surface area contributed by atoms with Crippen LogP contribution in [0.5, 0.6) is 0 Å². The number of carbonyl (C=O) groups is 3. The molecule has 0 saturated carbocycles. The highest BCUT2D eigenvalue weighted by Crippen LogP contribution is 2.15. The molecule has 0 heterocycles. The minimum atomic E-state index is -1.01. The predicted molar refractivity (Wildman–Crippen MR) is 59.5 cm³/mol. The molecule has 0 bridgehead atoms. The van der Waals surface area contributed by atoms with Crippen LogP contribution in [0.15, 0.2) is 24.3 Å². The molecule has 1 aromatic rings. The molecule has 0 saturated heterocycles. The number of nitrogens with one attached hydrogen (secondary N) is 1. The van der Waals surface area contributed by atoms with Crippen LogP contribution in [-0.4, -0.2) is 24.5 Å². The Morgan fingerprint density at radius 2 is 1.94 bits per heavy atom. The van der Waals surface area contributed by atoms with Gasteiger partial charge in [0.2, 0.25) is 0 Å². The van der Waals surface area contributed by atoms with Gasteiger partial charge < -0.3 is 10.5 Å². The lowest BCUT2D eigenvalue weighted by molar-refractivity contribution is -0.123. The number of hydrogen-bond acceptors (Lipinski definition) is 4. The quantitative estimate of drug-likeness (QED) is 0.778. The number of amides is 3. The fourth-order valence-corrected chi connectivity index (χ4v) is 1.22. The smallest absolute Gasteiger partial charge is 0.340 e. The summed E-state index contributed by atoms with van der Waals surface area (Å²) in [4.78, 5) is 32.7. The summed E-state index contributed by atoms with van der Waals surface area (Å²) in [6.07, 6.45) is 0. The summed E-state index contributed by atoms with van der Waals surface area (Å²) in [5.74, 6) is -1.56. The predicted octanol–water partition coefficient (Wildman–Crippen LogP) is 0.692. The number of nitrogens with two attached hydrogens (primary N) is 1. The van der Waals surface area contributed by atoms with E-state index in [-0.39, 0.29) is 10.6 Å². The first-order valence-electron chi connectivity index (χ1n) is 4.51. The summed E-state index contributed by atoms with van der Waals surface area (Å²) >= 11 is 5.74. The van der Waals surface area contributed by atoms with E-state index in [0.29, 0.717) is 0 Å². The van der Waals surface area contributed by atoms with Crippen LogP contribution in [0.4, 0.5) is 4.79 Å². The molecule has 3 amide bonds. The van der Waals surface area contributed by atoms with Crippen molar-refractivity contribution < 1.29 is 19.1 Å². The molecule has 0 radical (unpaired) electrons. The zero-order valence-electron chi connectivity index (χ0n) is 8.60. The van der Waals surface area contributed by atoms with Crippen LogP contribution in [0.25, 0.3) is 0 Å². The highest BCUT2D eigenvalue weighted by molar-refractivity contribution is 6.33. The van der Waals surface area contributed by atoms with Crippen LogP contribution < -0.4 is 11.1 Å². The monoisotopic (exact) mass is 256 g/mol. The van der Waals surface area contributed by atoms with Crippen molar-refractivity contribution in [3.63, 3.8) is 0 Å². The molecule has 0 aromatic heterocycles. The summed E-state index contributed by atoms with van der Waals surface area (Å²) < 4.78 is 4.63. The maximum Gasteiger partial charge on any atom is 0.340 e. The largest absolute Gasteiger partial charge is 0.452 e. The summed E-state index contributed by atoms with van der Waals surface area (Å²) in [5.41, 5.74) is 4.84. The second-order valence-electron chi connectivity index (χ2n) is 2.97. The van der Waals surface area contributed by atoms with Gasteiger partial charge in [-0.25, -0.2) is 9.59 Å². The zero-order valence-corrected chi connectivity index (χ0v) is 9.36. The number of benzene rings is 1. The van der Waals surface area contributed by atoms with Gasteiger partial charge in [-0.15, -0.1) is 0 Å². The first kappa shape index (κ1) is 13.0. The first-order valence-corrected chi connectivity index (χ1v) is 4.89. The van der Waals surface area contributed by atoms with Gasteiger partial charge in [-0.3, -0.25) is 10.1 Å². The Kier molecular flexibility index (Phi) is 4.47. The summed E-state index contributed by atoms with van der Waals surface area (Å²) in [6, 6.07) is 5.21. The Morgan fingerprint density at radius 3 is 2.53 bits per heavy atom. The van der Waals surface area contributed by atoms with Crippen LogP contribution in [0.1, 0.15) is 10.4 Å². The standard InChI is InChI=1S/C10H9ClN2O4/c11-7-4-2-1-3-6(7)9(15)17-5-8(14)13-10(12)16/h1-4H,5H2,(H3,12,13,14,16). The van der Waals surface area contributed by atoms with E-state index in [4.69, 9.17) is 17.3 Å². The minimum Gasteiger partial charge on any atom is -0.452 e. The topological polar surface area (TPSA) is 98.5 Å². The Balaban J connectivity index is 2.54. The number of imide groups is 1. The number of ether oxygens (including phenoxy) is 1. The highest BCUT2D eigenvalue weighted by Gasteiger charge is 2.13. The van der Waals surface area contributed by atoms with Crippen molar-refractivity contribution in [2.45, 2.75) is 0 Å². The lowest BCUT2D eigenvalue weighted by Crippen LogP contribution is -2.37. The molecule has 0 unspecified atom stereocenters. The highest BCUT2D eigenvalue weighted by atomic mass is 35.5. The normalized spacial score (nSPS) is 9.47. The van der Waals surface area contributed by atoms with Crippen molar-refractivity contribution >= 4 is 29.5 Å².